The summed E-state index contributed by atoms with van der Waals surface area (Å²) in [5.74, 6) is 1.62. The lowest BCUT2D eigenvalue weighted by atomic mass is 10.1. The molecule has 0 N–H and O–H groups in total. The molecule has 184 valence electrons. The van der Waals surface area contributed by atoms with Crippen LogP contribution in [0, 0.1) is 0 Å². The Morgan fingerprint density at radius 2 is 1.24 bits per heavy atom. The van der Waals surface area contributed by atoms with E-state index in [1.165, 1.54) is 12.1 Å². The zero-order valence-corrected chi connectivity index (χ0v) is 20.3. The van der Waals surface area contributed by atoms with Gasteiger partial charge in [0, 0.05) is 0 Å². The largest absolute Gasteiger partial charge is 0.494 e. The van der Waals surface area contributed by atoms with Crippen molar-refractivity contribution in [3.8, 4) is 11.5 Å². The van der Waals surface area contributed by atoms with Crippen LogP contribution in [0.5, 0.6) is 11.5 Å². The highest BCUT2D eigenvalue weighted by molar-refractivity contribution is 5.72. The molecular formula is C28H44NO4+. The van der Waals surface area contributed by atoms with Gasteiger partial charge < -0.3 is 14.2 Å². The van der Waals surface area contributed by atoms with E-state index in [-0.39, 0.29) is 13.4 Å². The van der Waals surface area contributed by atoms with Crippen LogP contribution in [0.3, 0.4) is 0 Å². The lowest BCUT2D eigenvalue weighted by Crippen LogP contribution is -2.34. The van der Waals surface area contributed by atoms with Crippen molar-refractivity contribution in [2.45, 2.75) is 59.3 Å². The molecule has 0 aliphatic heterocycles. The molecule has 0 amide bonds. The molecule has 0 fully saturated rings. The summed E-state index contributed by atoms with van der Waals surface area (Å²) in [6, 6.07) is 16.0. The van der Waals surface area contributed by atoms with E-state index in [1.54, 1.807) is 0 Å². The lowest BCUT2D eigenvalue weighted by molar-refractivity contribution is -0.142. The average molecular weight is 459 g/mol. The Morgan fingerprint density at radius 3 is 1.79 bits per heavy atom. The summed E-state index contributed by atoms with van der Waals surface area (Å²) in [5.41, 5.74) is 2.21. The molecule has 33 heavy (non-hydrogen) atoms. The summed E-state index contributed by atoms with van der Waals surface area (Å²) in [5, 5.41) is 0. The van der Waals surface area contributed by atoms with Gasteiger partial charge in [0.05, 0.1) is 47.4 Å². The molecule has 5 heteroatoms. The second-order valence-corrected chi connectivity index (χ2v) is 8.95. The molecule has 5 nitrogen and oxygen atoms in total. The number of rotatable bonds is 15. The molecule has 0 aliphatic carbocycles. The minimum Gasteiger partial charge on any atom is -0.494 e. The molecule has 0 bridgehead atoms. The number of carbonyl (C=O) groups is 1. The number of ether oxygens (including phenoxy) is 3. The van der Waals surface area contributed by atoms with E-state index in [0.717, 1.165) is 60.3 Å². The quantitative estimate of drug-likeness (QED) is 0.175. The van der Waals surface area contributed by atoms with Gasteiger partial charge in [-0.25, -0.2) is 0 Å². The van der Waals surface area contributed by atoms with E-state index in [2.05, 4.69) is 33.3 Å². The highest BCUT2D eigenvalue weighted by atomic mass is 16.5. The molecule has 2 rings (SSSR count). The standard InChI is InChI=1S/C27H40NO4.CH4/c1-5-30-25-16-18-26(19-17-25)31-20-10-8-6-7-9-11-21-32-27(29)22-23-12-14-24(15-13-23)28(2,3)4;/h12-19H,5-11,20-22H2,1-4H3;1H4/q+1;. The predicted octanol–water partition coefficient (Wildman–Crippen LogP) is 6.42. The van der Waals surface area contributed by atoms with Crippen LogP contribution >= 0.6 is 0 Å². The Kier molecular flexibility index (Phi) is 13.2. The number of esters is 1. The topological polar surface area (TPSA) is 44.8 Å². The first-order chi connectivity index (χ1) is 15.4. The minimum absolute atomic E-state index is 0. The van der Waals surface area contributed by atoms with E-state index in [1.807, 2.05) is 43.3 Å². The fraction of sp³-hybridized carbons (Fsp3) is 0.536. The van der Waals surface area contributed by atoms with Gasteiger partial charge in [-0.15, -0.1) is 0 Å². The van der Waals surface area contributed by atoms with Gasteiger partial charge in [0.15, 0.2) is 0 Å². The zero-order valence-electron chi connectivity index (χ0n) is 20.3. The van der Waals surface area contributed by atoms with Gasteiger partial charge in [0.25, 0.3) is 0 Å². The smallest absolute Gasteiger partial charge is 0.310 e. The number of benzene rings is 2. The Hall–Kier alpha value is -2.53. The predicted molar refractivity (Wildman–Crippen MR) is 138 cm³/mol. The number of carbonyl (C=O) groups excluding carboxylic acids is 1. The van der Waals surface area contributed by atoms with Crippen molar-refractivity contribution in [1.29, 1.82) is 0 Å². The number of hydrogen-bond donors (Lipinski definition) is 0. The Labute approximate surface area is 201 Å². The van der Waals surface area contributed by atoms with Crippen molar-refractivity contribution in [2.75, 3.05) is 41.0 Å². The van der Waals surface area contributed by atoms with Crippen LogP contribution in [0.1, 0.15) is 58.4 Å². The molecule has 0 aromatic heterocycles. The van der Waals surface area contributed by atoms with Crippen molar-refractivity contribution in [2.24, 2.45) is 0 Å². The first kappa shape index (κ1) is 28.5. The lowest BCUT2D eigenvalue weighted by Gasteiger charge is -2.23. The van der Waals surface area contributed by atoms with Crippen LogP contribution in [0.15, 0.2) is 48.5 Å². The van der Waals surface area contributed by atoms with Gasteiger partial charge in [-0.3, -0.25) is 9.28 Å². The van der Waals surface area contributed by atoms with Gasteiger partial charge in [0.1, 0.15) is 17.2 Å². The SMILES string of the molecule is C.CCOc1ccc(OCCCCCCCCOC(=O)Cc2ccc([N+](C)(C)C)cc2)cc1. The molecule has 0 saturated heterocycles. The van der Waals surface area contributed by atoms with Gasteiger partial charge >= 0.3 is 5.97 Å². The molecular weight excluding hydrogens is 414 g/mol. The third-order valence-corrected chi connectivity index (χ3v) is 5.26. The van der Waals surface area contributed by atoms with Crippen LogP contribution in [0.25, 0.3) is 0 Å². The van der Waals surface area contributed by atoms with Crippen LogP contribution in [0.2, 0.25) is 0 Å². The third kappa shape index (κ3) is 11.8. The second kappa shape index (κ2) is 15.3. The van der Waals surface area contributed by atoms with Gasteiger partial charge in [-0.05, 0) is 61.7 Å². The number of quaternary nitrogens is 1. The molecule has 0 atom stereocenters. The summed E-state index contributed by atoms with van der Waals surface area (Å²) in [4.78, 5) is 12.0. The maximum absolute atomic E-state index is 12.0. The number of hydrogen-bond acceptors (Lipinski definition) is 4. The van der Waals surface area contributed by atoms with E-state index in [4.69, 9.17) is 14.2 Å². The van der Waals surface area contributed by atoms with Crippen LogP contribution < -0.4 is 14.0 Å². The van der Waals surface area contributed by atoms with Crippen molar-refractivity contribution < 1.29 is 19.0 Å². The van der Waals surface area contributed by atoms with Crippen LogP contribution in [0.4, 0.5) is 5.69 Å². The summed E-state index contributed by atoms with van der Waals surface area (Å²) in [6.45, 7) is 3.90. The third-order valence-electron chi connectivity index (χ3n) is 5.26. The summed E-state index contributed by atoms with van der Waals surface area (Å²) >= 11 is 0. The molecule has 0 aliphatic rings. The van der Waals surface area contributed by atoms with E-state index < -0.39 is 0 Å². The van der Waals surface area contributed by atoms with E-state index in [0.29, 0.717) is 19.6 Å². The van der Waals surface area contributed by atoms with E-state index in [9.17, 15) is 4.79 Å². The summed E-state index contributed by atoms with van der Waals surface area (Å²) < 4.78 is 17.4. The maximum atomic E-state index is 12.0. The van der Waals surface area contributed by atoms with Gasteiger partial charge in [-0.2, -0.15) is 0 Å². The minimum atomic E-state index is -0.144. The average Bonchev–Trinajstić information content (AvgIpc) is 2.76. The van der Waals surface area contributed by atoms with Crippen LogP contribution in [-0.4, -0.2) is 46.9 Å². The molecule has 0 spiro atoms. The normalized spacial score (nSPS) is 10.9. The molecule has 0 heterocycles. The van der Waals surface area contributed by atoms with Gasteiger partial charge in [-0.1, -0.05) is 45.2 Å². The Bertz CT molecular complexity index is 779. The number of nitrogens with zero attached hydrogens (tertiary/aromatic N) is 1. The van der Waals surface area contributed by atoms with Crippen molar-refractivity contribution in [1.82, 2.24) is 4.48 Å². The maximum Gasteiger partial charge on any atom is 0.310 e. The first-order valence-corrected chi connectivity index (χ1v) is 11.8. The molecule has 2 aromatic carbocycles. The fourth-order valence-corrected chi connectivity index (χ4v) is 3.36. The molecule has 0 saturated carbocycles. The Balaban J connectivity index is 0.00000544. The van der Waals surface area contributed by atoms with Crippen molar-refractivity contribution in [3.63, 3.8) is 0 Å². The monoisotopic (exact) mass is 458 g/mol. The fourth-order valence-electron chi connectivity index (χ4n) is 3.36. The van der Waals surface area contributed by atoms with Crippen molar-refractivity contribution in [3.05, 3.63) is 54.1 Å². The second-order valence-electron chi connectivity index (χ2n) is 8.95. The van der Waals surface area contributed by atoms with E-state index >= 15 is 0 Å². The molecule has 2 aromatic rings. The zero-order chi connectivity index (χ0) is 23.2. The summed E-state index contributed by atoms with van der Waals surface area (Å²) in [6.07, 6.45) is 6.90. The van der Waals surface area contributed by atoms with Gasteiger partial charge in [0.2, 0.25) is 0 Å². The summed E-state index contributed by atoms with van der Waals surface area (Å²) in [7, 11) is 6.38. The molecule has 0 unspecified atom stereocenters. The highest BCUT2D eigenvalue weighted by Crippen LogP contribution is 2.19. The van der Waals surface area contributed by atoms with Crippen molar-refractivity contribution >= 4 is 11.7 Å². The highest BCUT2D eigenvalue weighted by Gasteiger charge is 2.12. The molecule has 0 radical (unpaired) electrons. The Morgan fingerprint density at radius 1 is 0.727 bits per heavy atom. The number of unbranched alkanes of at least 4 members (excludes halogenated alkanes) is 5. The van der Waals surface area contributed by atoms with Crippen LogP contribution in [-0.2, 0) is 16.0 Å². The first-order valence-electron chi connectivity index (χ1n) is 11.8.